The third kappa shape index (κ3) is 4.07. The van der Waals surface area contributed by atoms with Crippen molar-refractivity contribution in [2.24, 2.45) is 5.92 Å². The van der Waals surface area contributed by atoms with Gasteiger partial charge in [0, 0.05) is 9.86 Å². The first-order valence-electron chi connectivity index (χ1n) is 8.43. The highest BCUT2D eigenvalue weighted by atomic mass is 79.9. The number of aromatic nitrogens is 2. The molecule has 0 aliphatic rings. The molecule has 6 heteroatoms. The molecule has 1 aromatic heterocycles. The standard InChI is InChI=1S/C20H21BrN2O3/c1-13(2)12-26-17-5-6-18(21)16(9-17)11-23-19-7-4-14(20(24)25-3)8-15(19)10-22-23/h4-10,13H,11-12H2,1-3H3. The van der Waals surface area contributed by atoms with E-state index in [1.54, 1.807) is 18.3 Å². The van der Waals surface area contributed by atoms with Gasteiger partial charge in [-0.05, 0) is 47.9 Å². The largest absolute Gasteiger partial charge is 0.493 e. The molecule has 0 saturated heterocycles. The molecular weight excluding hydrogens is 396 g/mol. The van der Waals surface area contributed by atoms with Gasteiger partial charge in [-0.1, -0.05) is 29.8 Å². The van der Waals surface area contributed by atoms with Gasteiger partial charge in [-0.2, -0.15) is 5.10 Å². The maximum atomic E-state index is 11.7. The Bertz CT molecular complexity index is 934. The lowest BCUT2D eigenvalue weighted by Gasteiger charge is -2.12. The van der Waals surface area contributed by atoms with Crippen LogP contribution in [-0.2, 0) is 11.3 Å². The van der Waals surface area contributed by atoms with E-state index in [4.69, 9.17) is 9.47 Å². The van der Waals surface area contributed by atoms with Crippen molar-refractivity contribution < 1.29 is 14.3 Å². The van der Waals surface area contributed by atoms with Crippen LogP contribution < -0.4 is 4.74 Å². The maximum Gasteiger partial charge on any atom is 0.337 e. The Balaban J connectivity index is 1.86. The van der Waals surface area contributed by atoms with Crippen LogP contribution in [0.15, 0.2) is 47.1 Å². The molecule has 1 heterocycles. The van der Waals surface area contributed by atoms with E-state index in [9.17, 15) is 4.79 Å². The predicted octanol–water partition coefficient (Wildman–Crippen LogP) is 4.67. The molecule has 0 saturated carbocycles. The lowest BCUT2D eigenvalue weighted by Crippen LogP contribution is -2.06. The number of nitrogens with zero attached hydrogens (tertiary/aromatic N) is 2. The molecule has 0 unspecified atom stereocenters. The minimum absolute atomic E-state index is 0.350. The van der Waals surface area contributed by atoms with Gasteiger partial charge in [-0.3, -0.25) is 4.68 Å². The Labute approximate surface area is 161 Å². The Morgan fingerprint density at radius 1 is 1.23 bits per heavy atom. The molecule has 0 aliphatic carbocycles. The highest BCUT2D eigenvalue weighted by Crippen LogP contribution is 2.25. The summed E-state index contributed by atoms with van der Waals surface area (Å²) >= 11 is 3.60. The van der Waals surface area contributed by atoms with Gasteiger partial charge >= 0.3 is 5.97 Å². The van der Waals surface area contributed by atoms with Crippen molar-refractivity contribution in [3.05, 3.63) is 58.2 Å². The SMILES string of the molecule is COC(=O)c1ccc2c(cnn2Cc2cc(OCC(C)C)ccc2Br)c1. The molecule has 136 valence electrons. The molecule has 0 atom stereocenters. The van der Waals surface area contributed by atoms with Gasteiger partial charge in [-0.15, -0.1) is 0 Å². The molecule has 0 bridgehead atoms. The summed E-state index contributed by atoms with van der Waals surface area (Å²) in [6.45, 7) is 5.53. The monoisotopic (exact) mass is 416 g/mol. The average molecular weight is 417 g/mol. The summed E-state index contributed by atoms with van der Waals surface area (Å²) in [6.07, 6.45) is 1.76. The van der Waals surface area contributed by atoms with Crippen LogP contribution in [0.25, 0.3) is 10.9 Å². The van der Waals surface area contributed by atoms with Gasteiger partial charge in [0.15, 0.2) is 0 Å². The van der Waals surface area contributed by atoms with Crippen LogP contribution in [0.5, 0.6) is 5.75 Å². The van der Waals surface area contributed by atoms with Crippen molar-refractivity contribution in [3.8, 4) is 5.75 Å². The minimum atomic E-state index is -0.350. The smallest absolute Gasteiger partial charge is 0.337 e. The van der Waals surface area contributed by atoms with Gasteiger partial charge in [0.2, 0.25) is 0 Å². The molecule has 0 amide bonds. The highest BCUT2D eigenvalue weighted by Gasteiger charge is 2.11. The van der Waals surface area contributed by atoms with Gasteiger partial charge in [0.1, 0.15) is 5.75 Å². The van der Waals surface area contributed by atoms with E-state index in [0.29, 0.717) is 24.6 Å². The second kappa shape index (κ2) is 7.91. The lowest BCUT2D eigenvalue weighted by atomic mass is 10.1. The van der Waals surface area contributed by atoms with Gasteiger partial charge in [0.05, 0.1) is 37.5 Å². The van der Waals surface area contributed by atoms with Crippen molar-refractivity contribution in [3.63, 3.8) is 0 Å². The quantitative estimate of drug-likeness (QED) is 0.547. The molecular formula is C20H21BrN2O3. The predicted molar refractivity (Wildman–Crippen MR) is 105 cm³/mol. The minimum Gasteiger partial charge on any atom is -0.493 e. The number of hydrogen-bond donors (Lipinski definition) is 0. The number of hydrogen-bond acceptors (Lipinski definition) is 4. The third-order valence-electron chi connectivity index (χ3n) is 3.98. The van der Waals surface area contributed by atoms with Crippen LogP contribution >= 0.6 is 15.9 Å². The number of carbonyl (C=O) groups is 1. The summed E-state index contributed by atoms with van der Waals surface area (Å²) in [6, 6.07) is 11.4. The molecule has 3 rings (SSSR count). The topological polar surface area (TPSA) is 53.3 Å². The zero-order valence-electron chi connectivity index (χ0n) is 15.0. The number of methoxy groups -OCH3 is 1. The first-order chi connectivity index (χ1) is 12.5. The van der Waals surface area contributed by atoms with E-state index in [2.05, 4.69) is 34.9 Å². The summed E-state index contributed by atoms with van der Waals surface area (Å²) in [7, 11) is 1.38. The van der Waals surface area contributed by atoms with E-state index >= 15 is 0 Å². The zero-order chi connectivity index (χ0) is 18.7. The highest BCUT2D eigenvalue weighted by molar-refractivity contribution is 9.10. The molecule has 26 heavy (non-hydrogen) atoms. The lowest BCUT2D eigenvalue weighted by molar-refractivity contribution is 0.0601. The summed E-state index contributed by atoms with van der Waals surface area (Å²) in [5, 5.41) is 5.36. The Morgan fingerprint density at radius 2 is 2.04 bits per heavy atom. The molecule has 0 radical (unpaired) electrons. The van der Waals surface area contributed by atoms with Crippen LogP contribution in [0.4, 0.5) is 0 Å². The fraction of sp³-hybridized carbons (Fsp3) is 0.300. The van der Waals surface area contributed by atoms with Crippen molar-refractivity contribution in [2.75, 3.05) is 13.7 Å². The second-order valence-corrected chi connectivity index (χ2v) is 7.38. The van der Waals surface area contributed by atoms with Crippen LogP contribution in [0.3, 0.4) is 0 Å². The normalized spacial score (nSPS) is 11.1. The number of carbonyl (C=O) groups excluding carboxylic acids is 1. The summed E-state index contributed by atoms with van der Waals surface area (Å²) in [4.78, 5) is 11.7. The molecule has 0 fully saturated rings. The van der Waals surface area contributed by atoms with Crippen LogP contribution in [-0.4, -0.2) is 29.5 Å². The maximum absolute atomic E-state index is 11.7. The number of benzene rings is 2. The third-order valence-corrected chi connectivity index (χ3v) is 4.76. The van der Waals surface area contributed by atoms with Gasteiger partial charge in [-0.25, -0.2) is 4.79 Å². The molecule has 0 spiro atoms. The van der Waals surface area contributed by atoms with E-state index in [-0.39, 0.29) is 5.97 Å². The van der Waals surface area contributed by atoms with Crippen molar-refractivity contribution in [1.82, 2.24) is 9.78 Å². The fourth-order valence-corrected chi connectivity index (χ4v) is 3.02. The van der Waals surface area contributed by atoms with Gasteiger partial charge in [0.25, 0.3) is 0 Å². The first kappa shape index (κ1) is 18.5. The van der Waals surface area contributed by atoms with E-state index in [0.717, 1.165) is 26.7 Å². The Hall–Kier alpha value is -2.34. The second-order valence-electron chi connectivity index (χ2n) is 6.53. The van der Waals surface area contributed by atoms with E-state index in [1.807, 2.05) is 28.9 Å². The molecule has 0 aliphatic heterocycles. The van der Waals surface area contributed by atoms with Crippen LogP contribution in [0.1, 0.15) is 29.8 Å². The van der Waals surface area contributed by atoms with Gasteiger partial charge < -0.3 is 9.47 Å². The molecule has 0 N–H and O–H groups in total. The summed E-state index contributed by atoms with van der Waals surface area (Å²) in [5.41, 5.74) is 2.55. The number of ether oxygens (including phenoxy) is 2. The van der Waals surface area contributed by atoms with Crippen LogP contribution in [0.2, 0.25) is 0 Å². The Morgan fingerprint density at radius 3 is 2.77 bits per heavy atom. The number of rotatable bonds is 6. The molecule has 3 aromatic rings. The van der Waals surface area contributed by atoms with E-state index < -0.39 is 0 Å². The summed E-state index contributed by atoms with van der Waals surface area (Å²) in [5.74, 6) is 0.972. The number of fused-ring (bicyclic) bond motifs is 1. The fourth-order valence-electron chi connectivity index (χ4n) is 2.64. The molecule has 5 nitrogen and oxygen atoms in total. The first-order valence-corrected chi connectivity index (χ1v) is 9.22. The molecule has 2 aromatic carbocycles. The van der Waals surface area contributed by atoms with Crippen molar-refractivity contribution in [2.45, 2.75) is 20.4 Å². The van der Waals surface area contributed by atoms with Crippen molar-refractivity contribution >= 4 is 32.8 Å². The Kier molecular flexibility index (Phi) is 5.61. The van der Waals surface area contributed by atoms with E-state index in [1.165, 1.54) is 7.11 Å². The number of esters is 1. The van der Waals surface area contributed by atoms with Crippen LogP contribution in [0, 0.1) is 5.92 Å². The summed E-state index contributed by atoms with van der Waals surface area (Å²) < 4.78 is 13.5. The number of halogens is 1. The zero-order valence-corrected chi connectivity index (χ0v) is 16.6. The average Bonchev–Trinajstić information content (AvgIpc) is 3.03. The van der Waals surface area contributed by atoms with Crippen molar-refractivity contribution in [1.29, 1.82) is 0 Å².